The van der Waals surface area contributed by atoms with Crippen LogP contribution in [0.4, 0.5) is 9.59 Å². The van der Waals surface area contributed by atoms with Gasteiger partial charge in [0.15, 0.2) is 0 Å². The van der Waals surface area contributed by atoms with Crippen molar-refractivity contribution in [1.82, 2.24) is 31.2 Å². The molecule has 0 bridgehead atoms. The predicted molar refractivity (Wildman–Crippen MR) is 316 cm³/mol. The fourth-order valence-corrected chi connectivity index (χ4v) is 11.3. The zero-order chi connectivity index (χ0) is 55.0. The minimum atomic E-state index is -0.418. The van der Waals surface area contributed by atoms with Gasteiger partial charge in [-0.2, -0.15) is 0 Å². The first kappa shape index (κ1) is 57.7. The van der Waals surface area contributed by atoms with Gasteiger partial charge in [-0.1, -0.05) is 59.6 Å². The van der Waals surface area contributed by atoms with E-state index in [1.807, 2.05) is 85.5 Å². The number of carbonyl (C=O) groups excluding carboxylic acids is 2. The number of benzene rings is 4. The number of rotatable bonds is 33. The first-order valence-electron chi connectivity index (χ1n) is 27.9. The van der Waals surface area contributed by atoms with Gasteiger partial charge >= 0.3 is 12.1 Å². The van der Waals surface area contributed by atoms with E-state index in [4.69, 9.17) is 51.6 Å². The van der Waals surface area contributed by atoms with Crippen molar-refractivity contribution < 1.29 is 38.0 Å². The molecule has 10 rings (SSSR count). The van der Waals surface area contributed by atoms with Crippen molar-refractivity contribution in [2.45, 2.75) is 111 Å². The number of para-hydroxylation sites is 2. The number of halogens is 2. The van der Waals surface area contributed by atoms with Crippen molar-refractivity contribution >= 4 is 58.8 Å². The normalized spacial score (nSPS) is 15.7. The van der Waals surface area contributed by atoms with Gasteiger partial charge in [-0.3, -0.25) is 9.97 Å². The highest BCUT2D eigenvalue weighted by Gasteiger charge is 2.49. The molecule has 14 nitrogen and oxygen atoms in total. The molecule has 4 saturated carbocycles. The van der Waals surface area contributed by atoms with Crippen LogP contribution in [-0.4, -0.2) is 98.4 Å². The van der Waals surface area contributed by atoms with E-state index in [2.05, 4.69) is 67.6 Å². The maximum atomic E-state index is 12.3. The lowest BCUT2D eigenvalue weighted by molar-refractivity contribution is 0.0171. The van der Waals surface area contributed by atoms with Gasteiger partial charge in [-0.25, -0.2) is 9.59 Å². The number of hydrogen-bond donors (Lipinski definition) is 4. The minimum Gasteiger partial charge on any atom is -0.490 e. The number of unbranched alkanes of at least 4 members (excludes halogenated alkanes) is 1. The fourth-order valence-electron chi connectivity index (χ4n) is 9.34. The van der Waals surface area contributed by atoms with E-state index in [-0.39, 0.29) is 12.1 Å². The second kappa shape index (κ2) is 28.4. The van der Waals surface area contributed by atoms with E-state index in [0.717, 1.165) is 142 Å². The standard InChI is InChI=1S/C62H70Cl2N6O8S2/c63-55-17-15-47(37-43(55)41-75-61(21-22-61)53-39-65-27-19-49(53)51-7-1-3-9-57(51)77-45-11-12-45)79-35-33-73-31-29-69-59(71)67-25-5-6-26-68-60(72)70-30-32-74-34-36-80-48-16-18-56(64)44(38-48)42-76-62(23-24-62)54-40-66-28-20-50(54)52-8-2-4-10-58(52)78-46-13-14-46/h1-4,7-10,15-20,27-28,37-40,45-46H,5-6,11-14,21-26,29-36,41-42H2,(H2,67,69,71)(H2,68,70,72). The molecule has 422 valence electrons. The maximum Gasteiger partial charge on any atom is 0.314 e. The monoisotopic (exact) mass is 1160 g/mol. The molecular formula is C62H70Cl2N6O8S2. The van der Waals surface area contributed by atoms with Crippen molar-refractivity contribution in [3.63, 3.8) is 0 Å². The van der Waals surface area contributed by atoms with Crippen LogP contribution >= 0.6 is 46.7 Å². The summed E-state index contributed by atoms with van der Waals surface area (Å²) in [6, 6.07) is 32.1. The SMILES string of the molecule is O=C(NCCCCNC(=O)NCCOCCSc1ccc(Cl)c(COC2(c3cnccc3-c3ccccc3OC3CC3)CC2)c1)NCCOCCSc1ccc(Cl)c(COC2(c3cnccc3-c3ccccc3OC3CC3)CC2)c1. The van der Waals surface area contributed by atoms with Gasteiger partial charge in [0, 0.05) is 105 Å². The zero-order valence-corrected chi connectivity index (χ0v) is 48.1. The summed E-state index contributed by atoms with van der Waals surface area (Å²) in [6.45, 7) is 4.41. The average molecular weight is 1160 g/mol. The van der Waals surface area contributed by atoms with Crippen LogP contribution in [0.1, 0.15) is 86.5 Å². The van der Waals surface area contributed by atoms with E-state index in [9.17, 15) is 9.59 Å². The van der Waals surface area contributed by atoms with Gasteiger partial charge in [0.2, 0.25) is 0 Å². The largest absolute Gasteiger partial charge is 0.490 e. The number of nitrogens with zero attached hydrogens (tertiary/aromatic N) is 2. The Labute approximate surface area is 487 Å². The Morgan fingerprint density at radius 2 is 0.950 bits per heavy atom. The van der Waals surface area contributed by atoms with Gasteiger partial charge in [0.1, 0.15) is 11.5 Å². The molecule has 80 heavy (non-hydrogen) atoms. The lowest BCUT2D eigenvalue weighted by Gasteiger charge is -2.22. The quantitative estimate of drug-likeness (QED) is 0.0228. The summed E-state index contributed by atoms with van der Waals surface area (Å²) in [5, 5.41) is 12.7. The number of thioether (sulfide) groups is 2. The van der Waals surface area contributed by atoms with Crippen LogP contribution in [0.2, 0.25) is 10.0 Å². The van der Waals surface area contributed by atoms with Crippen LogP contribution in [0.5, 0.6) is 11.5 Å². The Bertz CT molecular complexity index is 2830. The van der Waals surface area contributed by atoms with E-state index >= 15 is 0 Å². The number of amides is 4. The molecule has 4 aliphatic rings. The molecule has 0 radical (unpaired) electrons. The Kier molecular flexibility index (Phi) is 20.5. The molecule has 0 aliphatic heterocycles. The second-order valence-electron chi connectivity index (χ2n) is 20.5. The number of ether oxygens (including phenoxy) is 6. The molecule has 4 N–H and O–H groups in total. The maximum absolute atomic E-state index is 12.3. The van der Waals surface area contributed by atoms with Crippen LogP contribution in [-0.2, 0) is 43.4 Å². The molecular weight excluding hydrogens is 1090 g/mol. The molecule has 18 heteroatoms. The zero-order valence-electron chi connectivity index (χ0n) is 45.0. The molecule has 0 spiro atoms. The summed E-state index contributed by atoms with van der Waals surface area (Å²) in [6.07, 6.45) is 17.6. The van der Waals surface area contributed by atoms with Crippen molar-refractivity contribution in [2.24, 2.45) is 0 Å². The predicted octanol–water partition coefficient (Wildman–Crippen LogP) is 12.9. The fraction of sp³-hybridized carbons (Fsp3) is 0.419. The molecule has 2 aromatic heterocycles. The summed E-state index contributed by atoms with van der Waals surface area (Å²) >= 11 is 16.7. The summed E-state index contributed by atoms with van der Waals surface area (Å²) in [7, 11) is 0. The van der Waals surface area contributed by atoms with Crippen LogP contribution < -0.4 is 30.7 Å². The van der Waals surface area contributed by atoms with Crippen LogP contribution in [0.3, 0.4) is 0 Å². The average Bonchev–Trinajstić information content (AvgIpc) is 4.39. The molecule has 4 fully saturated rings. The number of urea groups is 2. The third-order valence-corrected chi connectivity index (χ3v) is 16.9. The van der Waals surface area contributed by atoms with Crippen LogP contribution in [0, 0.1) is 0 Å². The van der Waals surface area contributed by atoms with Gasteiger partial charge in [0.25, 0.3) is 0 Å². The molecule has 6 aromatic rings. The molecule has 4 aliphatic carbocycles. The molecule has 2 heterocycles. The highest BCUT2D eigenvalue weighted by Crippen LogP contribution is 2.55. The van der Waals surface area contributed by atoms with E-state index in [1.54, 1.807) is 23.5 Å². The Hall–Kier alpha value is -5.56. The highest BCUT2D eigenvalue weighted by molar-refractivity contribution is 7.99. The third kappa shape index (κ3) is 16.6. The van der Waals surface area contributed by atoms with Crippen LogP contribution in [0.25, 0.3) is 22.3 Å². The summed E-state index contributed by atoms with van der Waals surface area (Å²) in [5.41, 5.74) is 7.52. The first-order chi connectivity index (χ1) is 39.2. The number of carbonyl (C=O) groups is 2. The number of pyridine rings is 2. The lowest BCUT2D eigenvalue weighted by Crippen LogP contribution is -2.39. The Balaban J connectivity index is 0.531. The topological polar surface area (TPSA) is 163 Å². The van der Waals surface area contributed by atoms with E-state index in [0.29, 0.717) is 88.1 Å². The van der Waals surface area contributed by atoms with E-state index in [1.165, 1.54) is 0 Å². The Morgan fingerprint density at radius 1 is 0.525 bits per heavy atom. The second-order valence-corrected chi connectivity index (χ2v) is 23.7. The summed E-state index contributed by atoms with van der Waals surface area (Å²) in [4.78, 5) is 35.8. The summed E-state index contributed by atoms with van der Waals surface area (Å²) in [5.74, 6) is 3.30. The number of nitrogens with one attached hydrogen (secondary N) is 4. The van der Waals surface area contributed by atoms with Gasteiger partial charge < -0.3 is 49.7 Å². The molecule has 0 unspecified atom stereocenters. The molecule has 4 amide bonds. The smallest absolute Gasteiger partial charge is 0.314 e. The first-order valence-corrected chi connectivity index (χ1v) is 30.7. The lowest BCUT2D eigenvalue weighted by atomic mass is 9.96. The minimum absolute atomic E-state index is 0.249. The molecule has 0 saturated heterocycles. The molecule has 0 atom stereocenters. The molecule has 4 aromatic carbocycles. The highest BCUT2D eigenvalue weighted by atomic mass is 35.5. The third-order valence-electron chi connectivity index (χ3n) is 14.3. The summed E-state index contributed by atoms with van der Waals surface area (Å²) < 4.78 is 37.5. The number of hydrogen-bond acceptors (Lipinski definition) is 12. The van der Waals surface area contributed by atoms with Crippen molar-refractivity contribution in [3.05, 3.63) is 154 Å². The number of aromatic nitrogens is 2. The van der Waals surface area contributed by atoms with Crippen LogP contribution in [0.15, 0.2) is 132 Å². The Morgan fingerprint density at radius 3 is 1.38 bits per heavy atom. The van der Waals surface area contributed by atoms with Crippen molar-refractivity contribution in [2.75, 3.05) is 64.1 Å². The van der Waals surface area contributed by atoms with E-state index < -0.39 is 11.2 Å². The van der Waals surface area contributed by atoms with Gasteiger partial charge in [-0.05, 0) is 147 Å². The van der Waals surface area contributed by atoms with Crippen molar-refractivity contribution in [1.29, 1.82) is 0 Å². The van der Waals surface area contributed by atoms with Gasteiger partial charge in [0.05, 0.1) is 63.1 Å². The van der Waals surface area contributed by atoms with Crippen molar-refractivity contribution in [3.8, 4) is 33.8 Å². The van der Waals surface area contributed by atoms with Gasteiger partial charge in [-0.15, -0.1) is 23.5 Å².